The topological polar surface area (TPSA) is 60.9 Å². The molecule has 2 N–H and O–H groups in total. The van der Waals surface area contributed by atoms with Crippen molar-refractivity contribution in [2.75, 3.05) is 0 Å². The minimum absolute atomic E-state index is 0.119. The molecule has 1 aromatic rings. The summed E-state index contributed by atoms with van der Waals surface area (Å²) in [7, 11) is 0. The standard InChI is InChI=1S/C13H20BrN3O/c1-2-7-17-12(11(14)8-16-17)13(18)9-3-5-10(15)6-4-9/h8-10H,2-7,15H2,1H3. The summed E-state index contributed by atoms with van der Waals surface area (Å²) < 4.78 is 2.64. The van der Waals surface area contributed by atoms with Gasteiger partial charge in [-0.1, -0.05) is 6.92 Å². The largest absolute Gasteiger partial charge is 0.328 e. The van der Waals surface area contributed by atoms with Crippen LogP contribution in [0.1, 0.15) is 49.5 Å². The Hall–Kier alpha value is -0.680. The van der Waals surface area contributed by atoms with Crippen LogP contribution in [0, 0.1) is 5.92 Å². The van der Waals surface area contributed by atoms with Crippen molar-refractivity contribution in [3.8, 4) is 0 Å². The number of aryl methyl sites for hydroxylation is 1. The Morgan fingerprint density at radius 3 is 2.78 bits per heavy atom. The zero-order valence-corrected chi connectivity index (χ0v) is 12.3. The van der Waals surface area contributed by atoms with E-state index in [0.717, 1.165) is 48.8 Å². The molecule has 0 unspecified atom stereocenters. The van der Waals surface area contributed by atoms with Gasteiger partial charge in [-0.15, -0.1) is 0 Å². The second kappa shape index (κ2) is 5.97. The van der Waals surface area contributed by atoms with E-state index in [4.69, 9.17) is 5.73 Å². The molecule has 100 valence electrons. The first kappa shape index (κ1) is 13.7. The van der Waals surface area contributed by atoms with E-state index in [9.17, 15) is 4.79 Å². The number of carbonyl (C=O) groups excluding carboxylic acids is 1. The molecule has 18 heavy (non-hydrogen) atoms. The number of rotatable bonds is 4. The first-order chi connectivity index (χ1) is 8.63. The van der Waals surface area contributed by atoms with E-state index in [1.54, 1.807) is 6.20 Å². The van der Waals surface area contributed by atoms with Crippen LogP contribution in [0.3, 0.4) is 0 Å². The van der Waals surface area contributed by atoms with Crippen LogP contribution in [0.25, 0.3) is 0 Å². The molecular formula is C13H20BrN3O. The molecule has 1 aliphatic carbocycles. The molecule has 0 radical (unpaired) electrons. The lowest BCUT2D eigenvalue weighted by atomic mass is 9.83. The number of nitrogens with two attached hydrogens (primary N) is 1. The lowest BCUT2D eigenvalue weighted by Crippen LogP contribution is -2.30. The van der Waals surface area contributed by atoms with E-state index < -0.39 is 0 Å². The molecule has 0 aromatic carbocycles. The third kappa shape index (κ3) is 2.83. The van der Waals surface area contributed by atoms with Gasteiger partial charge in [-0.25, -0.2) is 0 Å². The molecule has 1 aromatic heterocycles. The number of hydrogen-bond donors (Lipinski definition) is 1. The molecule has 1 heterocycles. The number of hydrogen-bond acceptors (Lipinski definition) is 3. The predicted octanol–water partition coefficient (Wildman–Crippen LogP) is 2.76. The molecule has 0 bridgehead atoms. The van der Waals surface area contributed by atoms with E-state index in [1.807, 2.05) is 4.68 Å². The van der Waals surface area contributed by atoms with Gasteiger partial charge in [-0.3, -0.25) is 9.48 Å². The molecule has 4 nitrogen and oxygen atoms in total. The highest BCUT2D eigenvalue weighted by Gasteiger charge is 2.28. The number of Topliss-reactive ketones (excluding diaryl/α,β-unsaturated/α-hetero) is 1. The Balaban J connectivity index is 2.15. The Morgan fingerprint density at radius 2 is 2.17 bits per heavy atom. The maximum atomic E-state index is 12.6. The van der Waals surface area contributed by atoms with Crippen LogP contribution < -0.4 is 5.73 Å². The minimum Gasteiger partial charge on any atom is -0.328 e. The van der Waals surface area contributed by atoms with Gasteiger partial charge in [0.1, 0.15) is 5.69 Å². The predicted molar refractivity (Wildman–Crippen MR) is 74.5 cm³/mol. The summed E-state index contributed by atoms with van der Waals surface area (Å²) in [4.78, 5) is 12.6. The van der Waals surface area contributed by atoms with Crippen molar-refractivity contribution in [2.24, 2.45) is 11.7 Å². The van der Waals surface area contributed by atoms with Gasteiger partial charge in [-0.05, 0) is 48.0 Å². The monoisotopic (exact) mass is 313 g/mol. The highest BCUT2D eigenvalue weighted by atomic mass is 79.9. The molecule has 0 aliphatic heterocycles. The summed E-state index contributed by atoms with van der Waals surface area (Å²) in [5.41, 5.74) is 6.62. The van der Waals surface area contributed by atoms with Crippen molar-refractivity contribution in [1.29, 1.82) is 0 Å². The van der Waals surface area contributed by atoms with E-state index in [0.29, 0.717) is 0 Å². The highest BCUT2D eigenvalue weighted by Crippen LogP contribution is 2.29. The van der Waals surface area contributed by atoms with Crippen molar-refractivity contribution in [3.63, 3.8) is 0 Å². The first-order valence-electron chi connectivity index (χ1n) is 6.64. The Kier molecular flexibility index (Phi) is 4.56. The molecule has 1 fully saturated rings. The maximum absolute atomic E-state index is 12.6. The molecule has 0 saturated heterocycles. The number of ketones is 1. The van der Waals surface area contributed by atoms with Crippen molar-refractivity contribution >= 4 is 21.7 Å². The second-order valence-corrected chi connectivity index (χ2v) is 5.89. The van der Waals surface area contributed by atoms with Crippen LogP contribution in [-0.2, 0) is 6.54 Å². The van der Waals surface area contributed by atoms with Gasteiger partial charge < -0.3 is 5.73 Å². The minimum atomic E-state index is 0.119. The summed E-state index contributed by atoms with van der Waals surface area (Å²) in [6.07, 6.45) is 6.42. The number of halogens is 1. The molecule has 1 aliphatic rings. The van der Waals surface area contributed by atoms with Gasteiger partial charge >= 0.3 is 0 Å². The Bertz CT molecular complexity index is 422. The average Bonchev–Trinajstić information content (AvgIpc) is 2.71. The summed E-state index contributed by atoms with van der Waals surface area (Å²) in [6.45, 7) is 2.88. The zero-order chi connectivity index (χ0) is 13.1. The van der Waals surface area contributed by atoms with Gasteiger partial charge in [0.25, 0.3) is 0 Å². The summed E-state index contributed by atoms with van der Waals surface area (Å²) in [5, 5.41) is 4.26. The normalized spacial score (nSPS) is 24.2. The third-order valence-electron chi connectivity index (χ3n) is 3.61. The fourth-order valence-electron chi connectivity index (χ4n) is 2.56. The number of carbonyl (C=O) groups is 1. The van der Waals surface area contributed by atoms with E-state index in [1.165, 1.54) is 0 Å². The van der Waals surface area contributed by atoms with Crippen molar-refractivity contribution in [3.05, 3.63) is 16.4 Å². The zero-order valence-electron chi connectivity index (χ0n) is 10.7. The van der Waals surface area contributed by atoms with Gasteiger partial charge in [0.2, 0.25) is 0 Å². The van der Waals surface area contributed by atoms with Crippen molar-refractivity contribution in [1.82, 2.24) is 9.78 Å². The van der Waals surface area contributed by atoms with E-state index in [-0.39, 0.29) is 17.7 Å². The highest BCUT2D eigenvalue weighted by molar-refractivity contribution is 9.10. The van der Waals surface area contributed by atoms with Crippen LogP contribution in [-0.4, -0.2) is 21.6 Å². The Morgan fingerprint density at radius 1 is 1.50 bits per heavy atom. The number of nitrogens with zero attached hydrogens (tertiary/aromatic N) is 2. The summed E-state index contributed by atoms with van der Waals surface area (Å²) in [5.74, 6) is 0.341. The molecule has 0 spiro atoms. The van der Waals surface area contributed by atoms with Gasteiger partial charge in [-0.2, -0.15) is 5.10 Å². The molecular weight excluding hydrogens is 294 g/mol. The fraction of sp³-hybridized carbons (Fsp3) is 0.692. The van der Waals surface area contributed by atoms with Crippen LogP contribution in [0.2, 0.25) is 0 Å². The van der Waals surface area contributed by atoms with E-state index >= 15 is 0 Å². The summed E-state index contributed by atoms with van der Waals surface area (Å²) in [6, 6.07) is 0.276. The molecule has 2 rings (SSSR count). The second-order valence-electron chi connectivity index (χ2n) is 5.04. The average molecular weight is 314 g/mol. The van der Waals surface area contributed by atoms with Crippen LogP contribution in [0.15, 0.2) is 10.7 Å². The third-order valence-corrected chi connectivity index (χ3v) is 4.19. The summed E-state index contributed by atoms with van der Waals surface area (Å²) >= 11 is 3.44. The van der Waals surface area contributed by atoms with Crippen molar-refractivity contribution < 1.29 is 4.79 Å². The Labute approximate surface area is 116 Å². The smallest absolute Gasteiger partial charge is 0.185 e. The van der Waals surface area contributed by atoms with Gasteiger partial charge in [0.05, 0.1) is 10.7 Å². The first-order valence-corrected chi connectivity index (χ1v) is 7.43. The fourth-order valence-corrected chi connectivity index (χ4v) is 3.06. The van der Waals surface area contributed by atoms with Crippen molar-refractivity contribution in [2.45, 2.75) is 51.6 Å². The lowest BCUT2D eigenvalue weighted by molar-refractivity contribution is 0.0872. The quantitative estimate of drug-likeness (QED) is 0.869. The molecule has 0 amide bonds. The van der Waals surface area contributed by atoms with Gasteiger partial charge in [0, 0.05) is 18.5 Å². The van der Waals surface area contributed by atoms with E-state index in [2.05, 4.69) is 28.0 Å². The van der Waals surface area contributed by atoms with Crippen LogP contribution >= 0.6 is 15.9 Å². The molecule has 5 heteroatoms. The molecule has 1 saturated carbocycles. The molecule has 0 atom stereocenters. The number of aromatic nitrogens is 2. The lowest BCUT2D eigenvalue weighted by Gasteiger charge is -2.25. The van der Waals surface area contributed by atoms with Gasteiger partial charge in [0.15, 0.2) is 5.78 Å². The maximum Gasteiger partial charge on any atom is 0.185 e. The SMILES string of the molecule is CCCn1ncc(Br)c1C(=O)C1CCC(N)CC1. The van der Waals surface area contributed by atoms with Crippen LogP contribution in [0.4, 0.5) is 0 Å². The van der Waals surface area contributed by atoms with Crippen LogP contribution in [0.5, 0.6) is 0 Å².